The third-order valence-corrected chi connectivity index (χ3v) is 5.20. The van der Waals surface area contributed by atoms with Crippen LogP contribution in [0.25, 0.3) is 0 Å². The number of nitrogens with one attached hydrogen (secondary N) is 1. The highest BCUT2D eigenvalue weighted by Crippen LogP contribution is 2.17. The summed E-state index contributed by atoms with van der Waals surface area (Å²) in [5.41, 5.74) is 2.16. The molecule has 1 aromatic carbocycles. The first kappa shape index (κ1) is 17.3. The van der Waals surface area contributed by atoms with Crippen molar-refractivity contribution < 1.29 is 4.79 Å². The molecular weight excluding hydrogens is 336 g/mol. The van der Waals surface area contributed by atoms with Gasteiger partial charge in [-0.3, -0.25) is 4.79 Å². The van der Waals surface area contributed by atoms with Gasteiger partial charge in [0, 0.05) is 28.3 Å². The molecule has 0 aliphatic heterocycles. The highest BCUT2D eigenvalue weighted by atomic mass is 35.5. The normalized spacial score (nSPS) is 12.1. The summed E-state index contributed by atoms with van der Waals surface area (Å²) in [5, 5.41) is 6.88. The van der Waals surface area contributed by atoms with E-state index in [0.717, 1.165) is 27.8 Å². The van der Waals surface area contributed by atoms with Crippen molar-refractivity contribution in [1.82, 2.24) is 10.3 Å². The first-order chi connectivity index (χ1) is 10.5. The van der Waals surface area contributed by atoms with Crippen LogP contribution in [0.2, 0.25) is 5.02 Å². The predicted molar refractivity (Wildman–Crippen MR) is 95.6 cm³/mol. The van der Waals surface area contributed by atoms with Gasteiger partial charge in [0.2, 0.25) is 5.91 Å². The molecule has 3 nitrogen and oxygen atoms in total. The molecule has 22 heavy (non-hydrogen) atoms. The topological polar surface area (TPSA) is 42.0 Å². The van der Waals surface area contributed by atoms with Gasteiger partial charge in [-0.2, -0.15) is 11.8 Å². The van der Waals surface area contributed by atoms with E-state index in [1.54, 1.807) is 23.1 Å². The second kappa shape index (κ2) is 8.56. The number of thiazole rings is 1. The zero-order chi connectivity index (χ0) is 15.9. The zero-order valence-electron chi connectivity index (χ0n) is 12.6. The molecular formula is C16H19ClN2OS2. The van der Waals surface area contributed by atoms with Crippen LogP contribution in [0.4, 0.5) is 0 Å². The third-order valence-electron chi connectivity index (χ3n) is 3.14. The standard InChI is InChI=1S/C16H19ClN2OS2/c1-11(13-3-5-14(17)6-4-13)18-16(20)7-8-21-9-15-10-22-12(2)19-15/h3-6,10-11H,7-9H2,1-2H3,(H,18,20). The van der Waals surface area contributed by atoms with Crippen molar-refractivity contribution in [2.45, 2.75) is 32.1 Å². The molecule has 0 saturated heterocycles. The van der Waals surface area contributed by atoms with Gasteiger partial charge in [0.05, 0.1) is 16.7 Å². The van der Waals surface area contributed by atoms with Crippen molar-refractivity contribution in [3.8, 4) is 0 Å². The van der Waals surface area contributed by atoms with E-state index in [0.29, 0.717) is 11.4 Å². The molecule has 0 saturated carbocycles. The quantitative estimate of drug-likeness (QED) is 0.738. The van der Waals surface area contributed by atoms with Crippen molar-refractivity contribution in [3.05, 3.63) is 50.9 Å². The Labute approximate surface area is 144 Å². The number of benzene rings is 1. The van der Waals surface area contributed by atoms with Crippen LogP contribution >= 0.6 is 34.7 Å². The first-order valence-electron chi connectivity index (χ1n) is 7.08. The highest BCUT2D eigenvalue weighted by Gasteiger charge is 2.09. The highest BCUT2D eigenvalue weighted by molar-refractivity contribution is 7.98. The monoisotopic (exact) mass is 354 g/mol. The lowest BCUT2D eigenvalue weighted by molar-refractivity contribution is -0.121. The van der Waals surface area contributed by atoms with Gasteiger partial charge in [0.1, 0.15) is 0 Å². The van der Waals surface area contributed by atoms with Gasteiger partial charge in [-0.05, 0) is 31.5 Å². The molecule has 1 N–H and O–H groups in total. The lowest BCUT2D eigenvalue weighted by Gasteiger charge is -2.14. The van der Waals surface area contributed by atoms with E-state index in [1.165, 1.54) is 0 Å². The maximum atomic E-state index is 11.9. The van der Waals surface area contributed by atoms with Crippen molar-refractivity contribution in [1.29, 1.82) is 0 Å². The summed E-state index contributed by atoms with van der Waals surface area (Å²) in [6.07, 6.45) is 0.520. The van der Waals surface area contributed by atoms with Crippen LogP contribution < -0.4 is 5.32 Å². The molecule has 2 rings (SSSR count). The molecule has 1 atom stereocenters. The molecule has 2 aromatic rings. The molecule has 0 radical (unpaired) electrons. The van der Waals surface area contributed by atoms with Crippen LogP contribution in [0, 0.1) is 6.92 Å². The number of thioether (sulfide) groups is 1. The molecule has 1 amide bonds. The van der Waals surface area contributed by atoms with E-state index < -0.39 is 0 Å². The molecule has 0 spiro atoms. The van der Waals surface area contributed by atoms with Crippen LogP contribution in [0.1, 0.15) is 35.7 Å². The van der Waals surface area contributed by atoms with E-state index in [9.17, 15) is 4.79 Å². The summed E-state index contributed by atoms with van der Waals surface area (Å²) >= 11 is 9.27. The van der Waals surface area contributed by atoms with Gasteiger partial charge in [-0.1, -0.05) is 23.7 Å². The van der Waals surface area contributed by atoms with Gasteiger partial charge in [0.15, 0.2) is 0 Å². The largest absolute Gasteiger partial charge is 0.350 e. The SMILES string of the molecule is Cc1nc(CSCCC(=O)NC(C)c2ccc(Cl)cc2)cs1. The Bertz CT molecular complexity index is 613. The molecule has 1 aromatic heterocycles. The van der Waals surface area contributed by atoms with Crippen LogP contribution in [-0.4, -0.2) is 16.6 Å². The van der Waals surface area contributed by atoms with Gasteiger partial charge < -0.3 is 5.32 Å². The number of nitrogens with zero attached hydrogens (tertiary/aromatic N) is 1. The molecule has 6 heteroatoms. The van der Waals surface area contributed by atoms with Crippen molar-refractivity contribution in [2.75, 3.05) is 5.75 Å². The molecule has 0 bridgehead atoms. The minimum Gasteiger partial charge on any atom is -0.350 e. The summed E-state index contributed by atoms with van der Waals surface area (Å²) in [7, 11) is 0. The number of aryl methyl sites for hydroxylation is 1. The minimum atomic E-state index is -0.00374. The number of carbonyl (C=O) groups excluding carboxylic acids is 1. The number of carbonyl (C=O) groups is 1. The van der Waals surface area contributed by atoms with E-state index in [2.05, 4.69) is 15.7 Å². The number of aromatic nitrogens is 1. The Morgan fingerprint density at radius 1 is 1.41 bits per heavy atom. The molecule has 1 heterocycles. The number of rotatable bonds is 7. The predicted octanol–water partition coefficient (Wildman–Crippen LogP) is 4.61. The molecule has 0 aliphatic carbocycles. The van der Waals surface area contributed by atoms with Gasteiger partial charge >= 0.3 is 0 Å². The second-order valence-corrected chi connectivity index (χ2v) is 7.61. The van der Waals surface area contributed by atoms with Gasteiger partial charge in [0.25, 0.3) is 0 Å². The summed E-state index contributed by atoms with van der Waals surface area (Å²) in [4.78, 5) is 16.4. The Hall–Kier alpha value is -1.04. The Morgan fingerprint density at radius 3 is 2.77 bits per heavy atom. The smallest absolute Gasteiger partial charge is 0.221 e. The summed E-state index contributed by atoms with van der Waals surface area (Å²) in [6.45, 7) is 3.98. The van der Waals surface area contributed by atoms with E-state index in [1.807, 2.05) is 38.1 Å². The van der Waals surface area contributed by atoms with Gasteiger partial charge in [-0.25, -0.2) is 4.98 Å². The zero-order valence-corrected chi connectivity index (χ0v) is 15.0. The number of hydrogen-bond acceptors (Lipinski definition) is 4. The van der Waals surface area contributed by atoms with E-state index in [-0.39, 0.29) is 11.9 Å². The van der Waals surface area contributed by atoms with Crippen LogP contribution in [0.15, 0.2) is 29.6 Å². The van der Waals surface area contributed by atoms with Crippen LogP contribution in [0.3, 0.4) is 0 Å². The van der Waals surface area contributed by atoms with Crippen molar-refractivity contribution >= 4 is 40.6 Å². The fourth-order valence-corrected chi connectivity index (χ4v) is 3.64. The Balaban J connectivity index is 1.68. The fraction of sp³-hybridized carbons (Fsp3) is 0.375. The van der Waals surface area contributed by atoms with Crippen LogP contribution in [-0.2, 0) is 10.5 Å². The van der Waals surface area contributed by atoms with Crippen molar-refractivity contribution in [3.63, 3.8) is 0 Å². The second-order valence-electron chi connectivity index (χ2n) is 5.00. The summed E-state index contributed by atoms with van der Waals surface area (Å²) in [6, 6.07) is 7.55. The maximum absolute atomic E-state index is 11.9. The molecule has 1 unspecified atom stereocenters. The fourth-order valence-electron chi connectivity index (χ4n) is 1.96. The average molecular weight is 355 g/mol. The number of amides is 1. The Morgan fingerprint density at radius 2 is 2.14 bits per heavy atom. The van der Waals surface area contributed by atoms with Gasteiger partial charge in [-0.15, -0.1) is 11.3 Å². The molecule has 118 valence electrons. The van der Waals surface area contributed by atoms with Crippen LogP contribution in [0.5, 0.6) is 0 Å². The number of hydrogen-bond donors (Lipinski definition) is 1. The lowest BCUT2D eigenvalue weighted by Crippen LogP contribution is -2.26. The van der Waals surface area contributed by atoms with E-state index >= 15 is 0 Å². The number of halogens is 1. The summed E-state index contributed by atoms with van der Waals surface area (Å²) in [5.74, 6) is 1.74. The minimum absolute atomic E-state index is 0.00374. The summed E-state index contributed by atoms with van der Waals surface area (Å²) < 4.78 is 0. The first-order valence-corrected chi connectivity index (χ1v) is 9.49. The van der Waals surface area contributed by atoms with Crippen molar-refractivity contribution in [2.24, 2.45) is 0 Å². The maximum Gasteiger partial charge on any atom is 0.221 e. The average Bonchev–Trinajstić information content (AvgIpc) is 2.90. The third kappa shape index (κ3) is 5.63. The molecule has 0 fully saturated rings. The van der Waals surface area contributed by atoms with E-state index in [4.69, 9.17) is 11.6 Å². The molecule has 0 aliphatic rings. The Kier molecular flexibility index (Phi) is 6.73. The lowest BCUT2D eigenvalue weighted by atomic mass is 10.1.